The highest BCUT2D eigenvalue weighted by Crippen LogP contribution is 2.17. The van der Waals surface area contributed by atoms with Crippen LogP contribution in [-0.4, -0.2) is 18.1 Å². The number of hydrogen-bond donors (Lipinski definition) is 1. The molecule has 3 heteroatoms. The summed E-state index contributed by atoms with van der Waals surface area (Å²) in [6, 6.07) is 0. The molecule has 0 aliphatic rings. The van der Waals surface area contributed by atoms with Gasteiger partial charge in [-0.25, -0.2) is 4.98 Å². The van der Waals surface area contributed by atoms with E-state index in [9.17, 15) is 0 Å². The lowest BCUT2D eigenvalue weighted by Gasteiger charge is -2.14. The average Bonchev–Trinajstić information content (AvgIpc) is 2.61. The van der Waals surface area contributed by atoms with Gasteiger partial charge in [-0.15, -0.1) is 11.3 Å². The van der Waals surface area contributed by atoms with Crippen molar-refractivity contribution in [1.29, 1.82) is 0 Å². The Bertz CT molecular complexity index is 270. The molecule has 15 heavy (non-hydrogen) atoms. The minimum Gasteiger partial charge on any atom is -0.317 e. The molecule has 86 valence electrons. The molecule has 1 aromatic rings. The van der Waals surface area contributed by atoms with Crippen LogP contribution in [0.3, 0.4) is 0 Å². The summed E-state index contributed by atoms with van der Waals surface area (Å²) < 4.78 is 0. The Morgan fingerprint density at radius 3 is 2.80 bits per heavy atom. The summed E-state index contributed by atoms with van der Waals surface area (Å²) in [7, 11) is 0. The molecule has 0 radical (unpaired) electrons. The molecule has 1 N–H and O–H groups in total. The summed E-state index contributed by atoms with van der Waals surface area (Å²) in [5, 5.41) is 6.88. The van der Waals surface area contributed by atoms with Crippen molar-refractivity contribution in [2.24, 2.45) is 5.92 Å². The van der Waals surface area contributed by atoms with Crippen molar-refractivity contribution in [2.75, 3.05) is 13.1 Å². The number of aryl methyl sites for hydroxylation is 1. The molecule has 0 saturated heterocycles. The number of nitrogens with zero attached hydrogens (tertiary/aromatic N) is 1. The van der Waals surface area contributed by atoms with Gasteiger partial charge in [0.1, 0.15) is 0 Å². The van der Waals surface area contributed by atoms with E-state index in [-0.39, 0.29) is 0 Å². The molecule has 1 heterocycles. The van der Waals surface area contributed by atoms with Crippen molar-refractivity contribution < 1.29 is 0 Å². The van der Waals surface area contributed by atoms with Crippen molar-refractivity contribution >= 4 is 11.3 Å². The highest BCUT2D eigenvalue weighted by Gasteiger charge is 2.10. The Hall–Kier alpha value is -0.410. The summed E-state index contributed by atoms with van der Waals surface area (Å²) in [6.45, 7) is 8.68. The molecule has 0 aromatic carbocycles. The monoisotopic (exact) mass is 226 g/mol. The summed E-state index contributed by atoms with van der Waals surface area (Å²) in [5.74, 6) is 0.750. The SMILES string of the molecule is CCCC(CNCC)Cc1nc(C)cs1. The van der Waals surface area contributed by atoms with Crippen LogP contribution in [0.2, 0.25) is 0 Å². The van der Waals surface area contributed by atoms with E-state index >= 15 is 0 Å². The van der Waals surface area contributed by atoms with Crippen LogP contribution < -0.4 is 5.32 Å². The standard InChI is InChI=1S/C12H22N2S/c1-4-6-11(8-13-5-2)7-12-14-10(3)9-15-12/h9,11,13H,4-8H2,1-3H3. The summed E-state index contributed by atoms with van der Waals surface area (Å²) >= 11 is 1.80. The molecular formula is C12H22N2S. The van der Waals surface area contributed by atoms with Crippen LogP contribution in [0, 0.1) is 12.8 Å². The second-order valence-electron chi connectivity index (χ2n) is 4.05. The minimum atomic E-state index is 0.750. The van der Waals surface area contributed by atoms with E-state index in [0.717, 1.165) is 31.1 Å². The number of rotatable bonds is 7. The van der Waals surface area contributed by atoms with E-state index < -0.39 is 0 Å². The van der Waals surface area contributed by atoms with Crippen molar-refractivity contribution in [1.82, 2.24) is 10.3 Å². The third-order valence-corrected chi connectivity index (χ3v) is 3.50. The number of thiazole rings is 1. The van der Waals surface area contributed by atoms with Gasteiger partial charge in [0.15, 0.2) is 0 Å². The van der Waals surface area contributed by atoms with Crippen LogP contribution in [0.5, 0.6) is 0 Å². The minimum absolute atomic E-state index is 0.750. The van der Waals surface area contributed by atoms with Gasteiger partial charge < -0.3 is 5.32 Å². The van der Waals surface area contributed by atoms with Crippen LogP contribution in [0.15, 0.2) is 5.38 Å². The zero-order valence-electron chi connectivity index (χ0n) is 10.0. The van der Waals surface area contributed by atoms with Gasteiger partial charge in [-0.05, 0) is 32.4 Å². The van der Waals surface area contributed by atoms with E-state index in [0.29, 0.717) is 0 Å². The maximum absolute atomic E-state index is 4.53. The van der Waals surface area contributed by atoms with E-state index in [1.807, 2.05) is 0 Å². The Labute approximate surface area is 97.1 Å². The fourth-order valence-electron chi connectivity index (χ4n) is 1.78. The Balaban J connectivity index is 2.42. The molecule has 1 unspecified atom stereocenters. The van der Waals surface area contributed by atoms with Crippen LogP contribution in [0.4, 0.5) is 0 Å². The number of hydrogen-bond acceptors (Lipinski definition) is 3. The van der Waals surface area contributed by atoms with E-state index in [1.54, 1.807) is 11.3 Å². The smallest absolute Gasteiger partial charge is 0.0931 e. The first kappa shape index (κ1) is 12.7. The molecule has 0 fully saturated rings. The Kier molecular flexibility index (Phi) is 5.88. The average molecular weight is 226 g/mol. The maximum atomic E-state index is 4.53. The Morgan fingerprint density at radius 2 is 2.27 bits per heavy atom. The van der Waals surface area contributed by atoms with Gasteiger partial charge in [0, 0.05) is 17.5 Å². The van der Waals surface area contributed by atoms with Crippen LogP contribution in [-0.2, 0) is 6.42 Å². The largest absolute Gasteiger partial charge is 0.317 e. The number of nitrogens with one attached hydrogen (secondary N) is 1. The molecule has 1 rings (SSSR count). The van der Waals surface area contributed by atoms with Crippen molar-refractivity contribution in [2.45, 2.75) is 40.0 Å². The van der Waals surface area contributed by atoms with Crippen LogP contribution in [0.25, 0.3) is 0 Å². The molecule has 0 bridgehead atoms. The van der Waals surface area contributed by atoms with Gasteiger partial charge in [-0.2, -0.15) is 0 Å². The van der Waals surface area contributed by atoms with Gasteiger partial charge in [-0.1, -0.05) is 20.3 Å². The molecule has 0 saturated carbocycles. The second-order valence-corrected chi connectivity index (χ2v) is 4.99. The first-order chi connectivity index (χ1) is 7.26. The van der Waals surface area contributed by atoms with Gasteiger partial charge in [0.2, 0.25) is 0 Å². The van der Waals surface area contributed by atoms with Crippen LogP contribution >= 0.6 is 11.3 Å². The third-order valence-electron chi connectivity index (χ3n) is 2.51. The maximum Gasteiger partial charge on any atom is 0.0931 e. The van der Waals surface area contributed by atoms with Crippen molar-refractivity contribution in [3.05, 3.63) is 16.1 Å². The Morgan fingerprint density at radius 1 is 1.47 bits per heavy atom. The zero-order valence-corrected chi connectivity index (χ0v) is 10.9. The van der Waals surface area contributed by atoms with Gasteiger partial charge in [-0.3, -0.25) is 0 Å². The highest BCUT2D eigenvalue weighted by atomic mass is 32.1. The molecule has 0 aliphatic carbocycles. The van der Waals surface area contributed by atoms with E-state index in [2.05, 4.69) is 36.5 Å². The molecule has 0 spiro atoms. The van der Waals surface area contributed by atoms with Gasteiger partial charge in [0.05, 0.1) is 5.01 Å². The van der Waals surface area contributed by atoms with Crippen LogP contribution in [0.1, 0.15) is 37.4 Å². The molecule has 2 nitrogen and oxygen atoms in total. The molecule has 0 amide bonds. The van der Waals surface area contributed by atoms with E-state index in [4.69, 9.17) is 0 Å². The predicted molar refractivity (Wildman–Crippen MR) is 67.5 cm³/mol. The highest BCUT2D eigenvalue weighted by molar-refractivity contribution is 7.09. The quantitative estimate of drug-likeness (QED) is 0.773. The number of aromatic nitrogens is 1. The molecule has 0 aliphatic heterocycles. The first-order valence-electron chi connectivity index (χ1n) is 5.88. The molecular weight excluding hydrogens is 204 g/mol. The second kappa shape index (κ2) is 6.96. The lowest BCUT2D eigenvalue weighted by Crippen LogP contribution is -2.24. The predicted octanol–water partition coefficient (Wildman–Crippen LogP) is 3.02. The van der Waals surface area contributed by atoms with Crippen molar-refractivity contribution in [3.8, 4) is 0 Å². The lowest BCUT2D eigenvalue weighted by atomic mass is 10.0. The summed E-state index contributed by atoms with van der Waals surface area (Å²) in [4.78, 5) is 4.53. The topological polar surface area (TPSA) is 24.9 Å². The fourth-order valence-corrected chi connectivity index (χ4v) is 2.66. The van der Waals surface area contributed by atoms with E-state index in [1.165, 1.54) is 17.8 Å². The van der Waals surface area contributed by atoms with Gasteiger partial charge >= 0.3 is 0 Å². The zero-order chi connectivity index (χ0) is 11.1. The molecule has 1 aromatic heterocycles. The fraction of sp³-hybridized carbons (Fsp3) is 0.750. The summed E-state index contributed by atoms with van der Waals surface area (Å²) in [5.41, 5.74) is 1.16. The first-order valence-corrected chi connectivity index (χ1v) is 6.75. The van der Waals surface area contributed by atoms with Gasteiger partial charge in [0.25, 0.3) is 0 Å². The summed E-state index contributed by atoms with van der Waals surface area (Å²) in [6.07, 6.45) is 3.70. The lowest BCUT2D eigenvalue weighted by molar-refractivity contribution is 0.443. The third kappa shape index (κ3) is 4.76. The normalized spacial score (nSPS) is 13.0. The van der Waals surface area contributed by atoms with Crippen molar-refractivity contribution in [3.63, 3.8) is 0 Å². The molecule has 1 atom stereocenters.